The third-order valence-electron chi connectivity index (χ3n) is 4.03. The number of halogens is 4. The van der Waals surface area contributed by atoms with Gasteiger partial charge in [0.05, 0.1) is 18.0 Å². The second-order valence-corrected chi connectivity index (χ2v) is 6.26. The molecule has 27 heavy (non-hydrogen) atoms. The van der Waals surface area contributed by atoms with Gasteiger partial charge in [0, 0.05) is 11.6 Å². The number of alkyl halides is 3. The number of carbonyl (C=O) groups is 1. The standard InChI is InChI=1S/C19H17F4NO3/c20-17-9-16(7-6-14(17)10-24-27-18(25)13-4-5-13)26-11-12-2-1-3-15(8-12)19(21,22)23/h1-3,6-9,13,24H,4-5,10-11H2. The summed E-state index contributed by atoms with van der Waals surface area (Å²) in [5.74, 6) is -0.805. The van der Waals surface area contributed by atoms with Crippen LogP contribution < -0.4 is 10.2 Å². The van der Waals surface area contributed by atoms with Crippen LogP contribution in [0.15, 0.2) is 42.5 Å². The van der Waals surface area contributed by atoms with Crippen molar-refractivity contribution in [2.75, 3.05) is 0 Å². The number of benzene rings is 2. The van der Waals surface area contributed by atoms with Crippen molar-refractivity contribution in [3.63, 3.8) is 0 Å². The predicted molar refractivity (Wildman–Crippen MR) is 87.8 cm³/mol. The average Bonchev–Trinajstić information content (AvgIpc) is 3.46. The Morgan fingerprint density at radius 2 is 1.93 bits per heavy atom. The van der Waals surface area contributed by atoms with Crippen LogP contribution in [0.5, 0.6) is 5.75 Å². The number of ether oxygens (including phenoxy) is 1. The lowest BCUT2D eigenvalue weighted by atomic mass is 10.1. The predicted octanol–water partition coefficient (Wildman–Crippen LogP) is 4.38. The number of carbonyl (C=O) groups excluding carboxylic acids is 1. The van der Waals surface area contributed by atoms with Gasteiger partial charge in [0.25, 0.3) is 0 Å². The van der Waals surface area contributed by atoms with Crippen LogP contribution in [0.3, 0.4) is 0 Å². The molecule has 1 fully saturated rings. The maximum atomic E-state index is 14.1. The van der Waals surface area contributed by atoms with Gasteiger partial charge in [0.15, 0.2) is 0 Å². The number of rotatable bonds is 7. The molecule has 2 aromatic carbocycles. The van der Waals surface area contributed by atoms with Crippen LogP contribution in [0.25, 0.3) is 0 Å². The van der Waals surface area contributed by atoms with Gasteiger partial charge in [-0.25, -0.2) is 4.39 Å². The molecule has 0 heterocycles. The van der Waals surface area contributed by atoms with Gasteiger partial charge in [-0.3, -0.25) is 4.79 Å². The zero-order valence-electron chi connectivity index (χ0n) is 14.2. The lowest BCUT2D eigenvalue weighted by Crippen LogP contribution is -2.21. The van der Waals surface area contributed by atoms with Crippen LogP contribution >= 0.6 is 0 Å². The zero-order valence-corrected chi connectivity index (χ0v) is 14.2. The van der Waals surface area contributed by atoms with E-state index in [-0.39, 0.29) is 36.4 Å². The Labute approximate surface area is 153 Å². The molecule has 2 aromatic rings. The smallest absolute Gasteiger partial charge is 0.416 e. The summed E-state index contributed by atoms with van der Waals surface area (Å²) in [6.45, 7) is -0.127. The monoisotopic (exact) mass is 383 g/mol. The molecule has 0 atom stereocenters. The molecule has 0 aliphatic heterocycles. The molecule has 0 unspecified atom stereocenters. The Balaban J connectivity index is 1.53. The fourth-order valence-corrected chi connectivity index (χ4v) is 2.35. The molecular formula is C19H17F4NO3. The van der Waals surface area contributed by atoms with E-state index in [0.717, 1.165) is 31.0 Å². The van der Waals surface area contributed by atoms with Gasteiger partial charge in [-0.2, -0.15) is 13.2 Å². The highest BCUT2D eigenvalue weighted by atomic mass is 19.4. The Morgan fingerprint density at radius 3 is 2.59 bits per heavy atom. The molecule has 144 valence electrons. The maximum absolute atomic E-state index is 14.1. The summed E-state index contributed by atoms with van der Waals surface area (Å²) in [6.07, 6.45) is -2.81. The van der Waals surface area contributed by atoms with Gasteiger partial charge >= 0.3 is 12.1 Å². The molecule has 1 N–H and O–H groups in total. The molecule has 8 heteroatoms. The molecule has 0 bridgehead atoms. The van der Waals surface area contributed by atoms with Crippen LogP contribution in [0.2, 0.25) is 0 Å². The average molecular weight is 383 g/mol. The number of nitrogens with one attached hydrogen (secondary N) is 1. The first-order valence-corrected chi connectivity index (χ1v) is 8.34. The minimum absolute atomic E-state index is 0.00178. The van der Waals surface area contributed by atoms with E-state index < -0.39 is 17.6 Å². The summed E-state index contributed by atoms with van der Waals surface area (Å²) in [4.78, 5) is 16.2. The van der Waals surface area contributed by atoms with Crippen molar-refractivity contribution >= 4 is 5.97 Å². The third-order valence-corrected chi connectivity index (χ3v) is 4.03. The molecule has 0 aromatic heterocycles. The highest BCUT2D eigenvalue weighted by Gasteiger charge is 2.31. The molecular weight excluding hydrogens is 366 g/mol. The lowest BCUT2D eigenvalue weighted by Gasteiger charge is -2.11. The van der Waals surface area contributed by atoms with E-state index in [2.05, 4.69) is 5.48 Å². The van der Waals surface area contributed by atoms with E-state index in [0.29, 0.717) is 5.56 Å². The second kappa shape index (κ2) is 7.96. The van der Waals surface area contributed by atoms with E-state index in [1.54, 1.807) is 0 Å². The fraction of sp³-hybridized carbons (Fsp3) is 0.316. The quantitative estimate of drug-likeness (QED) is 0.569. The van der Waals surface area contributed by atoms with Gasteiger partial charge in [0.2, 0.25) is 0 Å². The molecule has 1 aliphatic carbocycles. The molecule has 1 aliphatic rings. The summed E-state index contributed by atoms with van der Waals surface area (Å²) < 4.78 is 57.5. The van der Waals surface area contributed by atoms with Crippen molar-refractivity contribution in [3.05, 3.63) is 65.0 Å². The molecule has 0 radical (unpaired) electrons. The summed E-state index contributed by atoms with van der Waals surface area (Å²) in [5.41, 5.74) is 2.25. The SMILES string of the molecule is O=C(ONCc1ccc(OCc2cccc(C(F)(F)F)c2)cc1F)C1CC1. The van der Waals surface area contributed by atoms with E-state index in [1.165, 1.54) is 24.3 Å². The van der Waals surface area contributed by atoms with Crippen molar-refractivity contribution in [2.45, 2.75) is 32.2 Å². The Kier molecular flexibility index (Phi) is 5.65. The molecule has 0 spiro atoms. The summed E-state index contributed by atoms with van der Waals surface area (Å²) in [6, 6.07) is 8.83. The highest BCUT2D eigenvalue weighted by molar-refractivity contribution is 5.74. The van der Waals surface area contributed by atoms with Crippen LogP contribution in [0, 0.1) is 11.7 Å². The molecule has 4 nitrogen and oxygen atoms in total. The normalized spacial score (nSPS) is 14.1. The van der Waals surface area contributed by atoms with Crippen molar-refractivity contribution < 1.29 is 31.9 Å². The van der Waals surface area contributed by atoms with Gasteiger partial charge < -0.3 is 9.57 Å². The largest absolute Gasteiger partial charge is 0.489 e. The molecule has 1 saturated carbocycles. The van der Waals surface area contributed by atoms with Crippen LogP contribution in [0.4, 0.5) is 17.6 Å². The number of hydrogen-bond acceptors (Lipinski definition) is 4. The Morgan fingerprint density at radius 1 is 1.15 bits per heavy atom. The third kappa shape index (κ3) is 5.43. The number of hydrogen-bond donors (Lipinski definition) is 1. The van der Waals surface area contributed by atoms with Gasteiger partial charge in [0.1, 0.15) is 18.2 Å². The second-order valence-electron chi connectivity index (χ2n) is 6.26. The van der Waals surface area contributed by atoms with E-state index >= 15 is 0 Å². The van der Waals surface area contributed by atoms with Crippen molar-refractivity contribution in [1.82, 2.24) is 5.48 Å². The lowest BCUT2D eigenvalue weighted by molar-refractivity contribution is -0.153. The minimum Gasteiger partial charge on any atom is -0.489 e. The Bertz CT molecular complexity index is 819. The van der Waals surface area contributed by atoms with E-state index in [4.69, 9.17) is 9.57 Å². The first-order chi connectivity index (χ1) is 12.8. The fourth-order valence-electron chi connectivity index (χ4n) is 2.35. The van der Waals surface area contributed by atoms with Crippen LogP contribution in [0.1, 0.15) is 29.5 Å². The van der Waals surface area contributed by atoms with Crippen molar-refractivity contribution in [1.29, 1.82) is 0 Å². The van der Waals surface area contributed by atoms with Gasteiger partial charge in [-0.05, 0) is 36.6 Å². The molecule has 0 amide bonds. The summed E-state index contributed by atoms with van der Waals surface area (Å²) in [5, 5.41) is 0. The first-order valence-electron chi connectivity index (χ1n) is 8.34. The van der Waals surface area contributed by atoms with Gasteiger partial charge in [-0.15, -0.1) is 5.48 Å². The minimum atomic E-state index is -4.43. The first kappa shape index (κ1) is 19.2. The van der Waals surface area contributed by atoms with E-state index in [1.807, 2.05) is 0 Å². The van der Waals surface area contributed by atoms with Crippen molar-refractivity contribution in [3.8, 4) is 5.75 Å². The van der Waals surface area contributed by atoms with E-state index in [9.17, 15) is 22.4 Å². The van der Waals surface area contributed by atoms with Crippen molar-refractivity contribution in [2.24, 2.45) is 5.92 Å². The topological polar surface area (TPSA) is 47.6 Å². The summed E-state index contributed by atoms with van der Waals surface area (Å²) in [7, 11) is 0. The van der Waals surface area contributed by atoms with Gasteiger partial charge in [-0.1, -0.05) is 18.2 Å². The number of hydroxylamine groups is 1. The molecule has 3 rings (SSSR count). The van der Waals surface area contributed by atoms with Crippen LogP contribution in [-0.4, -0.2) is 5.97 Å². The Hall–Kier alpha value is -2.61. The van der Waals surface area contributed by atoms with Crippen LogP contribution in [-0.2, 0) is 29.0 Å². The summed E-state index contributed by atoms with van der Waals surface area (Å²) >= 11 is 0. The highest BCUT2D eigenvalue weighted by Crippen LogP contribution is 2.30. The maximum Gasteiger partial charge on any atom is 0.416 e. The molecule has 0 saturated heterocycles. The zero-order chi connectivity index (χ0) is 19.4.